The lowest BCUT2D eigenvalue weighted by molar-refractivity contribution is -0.141. The Morgan fingerprint density at radius 2 is 2.00 bits per heavy atom. The highest BCUT2D eigenvalue weighted by molar-refractivity contribution is 7.99. The molecule has 0 aromatic heterocycles. The van der Waals surface area contributed by atoms with Crippen molar-refractivity contribution >= 4 is 23.5 Å². The van der Waals surface area contributed by atoms with Crippen LogP contribution in [0.5, 0.6) is 0 Å². The van der Waals surface area contributed by atoms with E-state index in [1.807, 2.05) is 6.92 Å². The number of carboxylic acid groups (broad SMARTS) is 1. The van der Waals surface area contributed by atoms with Gasteiger partial charge in [0.15, 0.2) is 5.78 Å². The quantitative estimate of drug-likeness (QED) is 0.415. The number of thioether (sulfide) groups is 1. The van der Waals surface area contributed by atoms with Crippen molar-refractivity contribution in [2.75, 3.05) is 5.75 Å². The molecule has 0 spiro atoms. The van der Waals surface area contributed by atoms with Gasteiger partial charge >= 0.3 is 5.97 Å². The van der Waals surface area contributed by atoms with E-state index in [-0.39, 0.29) is 11.7 Å². The monoisotopic (exact) mass is 362 g/mol. The van der Waals surface area contributed by atoms with Gasteiger partial charge in [0.1, 0.15) is 0 Å². The Labute approximate surface area is 155 Å². The molecule has 0 bridgehead atoms. The van der Waals surface area contributed by atoms with Crippen molar-refractivity contribution in [1.29, 1.82) is 0 Å². The maximum Gasteiger partial charge on any atom is 0.306 e. The smallest absolute Gasteiger partial charge is 0.306 e. The minimum atomic E-state index is -0.702. The molecule has 1 atom stereocenters. The van der Waals surface area contributed by atoms with Gasteiger partial charge in [0.2, 0.25) is 0 Å². The molecule has 3 nitrogen and oxygen atoms in total. The predicted molar refractivity (Wildman–Crippen MR) is 104 cm³/mol. The Hall–Kier alpha value is -1.29. The first-order valence-corrected chi connectivity index (χ1v) is 10.6. The number of carbonyl (C=O) groups excluding carboxylic acids is 1. The van der Waals surface area contributed by atoms with Gasteiger partial charge < -0.3 is 5.11 Å². The van der Waals surface area contributed by atoms with E-state index in [0.29, 0.717) is 19.3 Å². The second-order valence-corrected chi connectivity index (χ2v) is 8.07. The van der Waals surface area contributed by atoms with Crippen LogP contribution in [0.25, 0.3) is 0 Å². The van der Waals surface area contributed by atoms with E-state index in [4.69, 9.17) is 0 Å². The molecule has 0 fully saturated rings. The third-order valence-electron chi connectivity index (χ3n) is 5.07. The van der Waals surface area contributed by atoms with Crippen molar-refractivity contribution in [2.45, 2.75) is 76.5 Å². The van der Waals surface area contributed by atoms with Gasteiger partial charge in [0.05, 0.1) is 5.92 Å². The second-order valence-electron chi connectivity index (χ2n) is 6.93. The number of hydrogen-bond acceptors (Lipinski definition) is 3. The van der Waals surface area contributed by atoms with Crippen LogP contribution in [0.4, 0.5) is 0 Å². The van der Waals surface area contributed by atoms with Crippen LogP contribution in [0.1, 0.15) is 80.3 Å². The predicted octanol–water partition coefficient (Wildman–Crippen LogP) is 5.53. The zero-order chi connectivity index (χ0) is 18.2. The number of Topliss-reactive ketones (excluding diaryl/α,β-unsaturated/α-hetero) is 1. The largest absolute Gasteiger partial charge is 0.481 e. The number of aliphatic carboxylic acids is 1. The van der Waals surface area contributed by atoms with Crippen LogP contribution in [0, 0.1) is 5.92 Å². The molecule has 2 rings (SSSR count). The molecule has 1 aliphatic rings. The van der Waals surface area contributed by atoms with Crippen molar-refractivity contribution in [3.05, 3.63) is 28.8 Å². The summed E-state index contributed by atoms with van der Waals surface area (Å²) in [6, 6.07) is 4.31. The van der Waals surface area contributed by atoms with Gasteiger partial charge in [-0.3, -0.25) is 9.59 Å². The van der Waals surface area contributed by atoms with Crippen LogP contribution in [0.15, 0.2) is 17.0 Å². The SMILES string of the molecule is CCCCCCc1cc2c(cc1SCCC(CC)C(=O)O)C(=O)CC2. The van der Waals surface area contributed by atoms with E-state index >= 15 is 0 Å². The number of fused-ring (bicyclic) bond motifs is 1. The summed E-state index contributed by atoms with van der Waals surface area (Å²) in [6.07, 6.45) is 8.83. The number of carbonyl (C=O) groups is 2. The van der Waals surface area contributed by atoms with E-state index in [0.717, 1.165) is 24.2 Å². The zero-order valence-corrected chi connectivity index (χ0v) is 16.3. The third-order valence-corrected chi connectivity index (χ3v) is 6.20. The minimum Gasteiger partial charge on any atom is -0.481 e. The fraction of sp³-hybridized carbons (Fsp3) is 0.619. The van der Waals surface area contributed by atoms with Crippen molar-refractivity contribution in [3.63, 3.8) is 0 Å². The summed E-state index contributed by atoms with van der Waals surface area (Å²) < 4.78 is 0. The van der Waals surface area contributed by atoms with E-state index in [2.05, 4.69) is 19.1 Å². The first-order valence-electron chi connectivity index (χ1n) is 9.61. The lowest BCUT2D eigenvalue weighted by Crippen LogP contribution is -2.13. The minimum absolute atomic E-state index is 0.256. The van der Waals surface area contributed by atoms with Crippen LogP contribution < -0.4 is 0 Å². The first kappa shape index (κ1) is 20.0. The Bertz CT molecular complexity index is 609. The second kappa shape index (κ2) is 10.0. The van der Waals surface area contributed by atoms with Crippen LogP contribution in [-0.2, 0) is 17.6 Å². The van der Waals surface area contributed by atoms with Crippen molar-refractivity contribution in [1.82, 2.24) is 0 Å². The first-order chi connectivity index (χ1) is 12.1. The highest BCUT2D eigenvalue weighted by Gasteiger charge is 2.22. The molecular weight excluding hydrogens is 332 g/mol. The highest BCUT2D eigenvalue weighted by Crippen LogP contribution is 2.33. The topological polar surface area (TPSA) is 54.4 Å². The number of carboxylic acids is 1. The Balaban J connectivity index is 2.06. The maximum atomic E-state index is 12.1. The number of benzene rings is 1. The average Bonchev–Trinajstić information content (AvgIpc) is 2.95. The Morgan fingerprint density at radius 3 is 2.68 bits per heavy atom. The average molecular weight is 363 g/mol. The number of unbranched alkanes of at least 4 members (excludes halogenated alkanes) is 3. The molecule has 1 unspecified atom stereocenters. The molecular formula is C21H30O3S. The van der Waals surface area contributed by atoms with E-state index in [1.54, 1.807) is 11.8 Å². The van der Waals surface area contributed by atoms with Gasteiger partial charge in [-0.2, -0.15) is 0 Å². The number of ketones is 1. The maximum absolute atomic E-state index is 12.1. The summed E-state index contributed by atoms with van der Waals surface area (Å²) in [5, 5.41) is 9.20. The summed E-state index contributed by atoms with van der Waals surface area (Å²) in [6.45, 7) is 4.14. The summed E-state index contributed by atoms with van der Waals surface area (Å²) >= 11 is 1.72. The number of rotatable bonds is 11. The van der Waals surface area contributed by atoms with Gasteiger partial charge in [-0.15, -0.1) is 11.8 Å². The number of aryl methyl sites for hydroxylation is 2. The summed E-state index contributed by atoms with van der Waals surface area (Å²) in [5.74, 6) is 0.0784. The van der Waals surface area contributed by atoms with Gasteiger partial charge in [-0.05, 0) is 55.1 Å². The number of hydrogen-bond donors (Lipinski definition) is 1. The summed E-state index contributed by atoms with van der Waals surface area (Å²) in [7, 11) is 0. The lowest BCUT2D eigenvalue weighted by atomic mass is 10.0. The van der Waals surface area contributed by atoms with Crippen LogP contribution >= 0.6 is 11.8 Å². The Morgan fingerprint density at radius 1 is 1.20 bits per heavy atom. The van der Waals surface area contributed by atoms with Crippen molar-refractivity contribution < 1.29 is 14.7 Å². The zero-order valence-electron chi connectivity index (χ0n) is 15.5. The molecule has 1 N–H and O–H groups in total. The van der Waals surface area contributed by atoms with Crippen LogP contribution in [0.2, 0.25) is 0 Å². The molecule has 0 saturated heterocycles. The highest BCUT2D eigenvalue weighted by atomic mass is 32.2. The lowest BCUT2D eigenvalue weighted by Gasteiger charge is -2.14. The molecule has 1 aromatic rings. The molecule has 0 amide bonds. The van der Waals surface area contributed by atoms with Gasteiger partial charge in [0.25, 0.3) is 0 Å². The van der Waals surface area contributed by atoms with E-state index in [1.165, 1.54) is 41.7 Å². The summed E-state index contributed by atoms with van der Waals surface area (Å²) in [5.41, 5.74) is 3.44. The van der Waals surface area contributed by atoms with Crippen molar-refractivity contribution in [3.8, 4) is 0 Å². The van der Waals surface area contributed by atoms with Gasteiger partial charge in [-0.1, -0.05) is 39.2 Å². The van der Waals surface area contributed by atoms with Crippen LogP contribution in [-0.4, -0.2) is 22.6 Å². The molecule has 1 aliphatic carbocycles. The normalized spacial score (nSPS) is 14.6. The van der Waals surface area contributed by atoms with Gasteiger partial charge in [-0.25, -0.2) is 0 Å². The fourth-order valence-electron chi connectivity index (χ4n) is 3.41. The fourth-order valence-corrected chi connectivity index (χ4v) is 4.58. The van der Waals surface area contributed by atoms with Crippen LogP contribution in [0.3, 0.4) is 0 Å². The molecule has 0 heterocycles. The molecule has 4 heteroatoms. The summed E-state index contributed by atoms with van der Waals surface area (Å²) in [4.78, 5) is 24.4. The standard InChI is InChI=1S/C21H30O3S/c1-3-5-6-7-8-17-13-16-9-10-19(22)18(16)14-20(17)25-12-11-15(4-2)21(23)24/h13-15H,3-12H2,1-2H3,(H,23,24). The molecule has 0 aliphatic heterocycles. The van der Waals surface area contributed by atoms with E-state index in [9.17, 15) is 14.7 Å². The van der Waals surface area contributed by atoms with Crippen molar-refractivity contribution in [2.24, 2.45) is 5.92 Å². The Kier molecular flexibility index (Phi) is 8.01. The molecule has 0 saturated carbocycles. The van der Waals surface area contributed by atoms with E-state index < -0.39 is 5.97 Å². The van der Waals surface area contributed by atoms with Gasteiger partial charge in [0, 0.05) is 16.9 Å². The molecule has 1 aromatic carbocycles. The molecule has 138 valence electrons. The molecule has 25 heavy (non-hydrogen) atoms. The molecule has 0 radical (unpaired) electrons. The third kappa shape index (κ3) is 5.60.